The Bertz CT molecular complexity index is 506. The molecule has 116 valence electrons. The molecule has 0 radical (unpaired) electrons. The fourth-order valence-electron chi connectivity index (χ4n) is 2.47. The van der Waals surface area contributed by atoms with Gasteiger partial charge in [0.15, 0.2) is 5.96 Å². The third kappa shape index (κ3) is 3.80. The van der Waals surface area contributed by atoms with Crippen LogP contribution in [0.5, 0.6) is 11.5 Å². The summed E-state index contributed by atoms with van der Waals surface area (Å²) < 4.78 is 11.3. The standard InChI is InChI=1S/C16H25N3O2/c1-5-17-16(18-6-2)19-10-13-9-15-12(7-11(3)21-15)8-14(13)20-4/h8-9,11H,5-7,10H2,1-4H3,(H2,17,18,19)/t11-/m1/s1. The molecule has 0 saturated heterocycles. The third-order valence-electron chi connectivity index (χ3n) is 3.40. The summed E-state index contributed by atoms with van der Waals surface area (Å²) in [6, 6.07) is 4.13. The monoisotopic (exact) mass is 291 g/mol. The van der Waals surface area contributed by atoms with Crippen molar-refractivity contribution in [3.63, 3.8) is 0 Å². The molecule has 0 aliphatic carbocycles. The molecule has 5 heteroatoms. The number of methoxy groups -OCH3 is 1. The molecule has 1 aliphatic heterocycles. The lowest BCUT2D eigenvalue weighted by Gasteiger charge is -2.12. The van der Waals surface area contributed by atoms with Crippen LogP contribution in [0.1, 0.15) is 31.9 Å². The van der Waals surface area contributed by atoms with Gasteiger partial charge in [-0.1, -0.05) is 0 Å². The van der Waals surface area contributed by atoms with Crippen molar-refractivity contribution in [3.8, 4) is 11.5 Å². The van der Waals surface area contributed by atoms with Gasteiger partial charge < -0.3 is 20.1 Å². The van der Waals surface area contributed by atoms with Crippen molar-refractivity contribution in [2.75, 3.05) is 20.2 Å². The summed E-state index contributed by atoms with van der Waals surface area (Å²) in [5.41, 5.74) is 2.25. The normalized spacial score (nSPS) is 15.9. The maximum atomic E-state index is 5.81. The van der Waals surface area contributed by atoms with Crippen molar-refractivity contribution >= 4 is 5.96 Å². The molecule has 0 spiro atoms. The zero-order valence-electron chi connectivity index (χ0n) is 13.3. The zero-order valence-corrected chi connectivity index (χ0v) is 13.3. The summed E-state index contributed by atoms with van der Waals surface area (Å²) >= 11 is 0. The quantitative estimate of drug-likeness (QED) is 0.644. The van der Waals surface area contributed by atoms with Gasteiger partial charge >= 0.3 is 0 Å². The highest BCUT2D eigenvalue weighted by atomic mass is 16.5. The summed E-state index contributed by atoms with van der Waals surface area (Å²) in [5, 5.41) is 6.43. The average molecular weight is 291 g/mol. The Morgan fingerprint density at radius 2 is 2.05 bits per heavy atom. The summed E-state index contributed by atoms with van der Waals surface area (Å²) in [6.07, 6.45) is 1.18. The van der Waals surface area contributed by atoms with Crippen molar-refractivity contribution in [3.05, 3.63) is 23.3 Å². The van der Waals surface area contributed by atoms with Crippen LogP contribution in [0, 0.1) is 0 Å². The van der Waals surface area contributed by atoms with Crippen molar-refractivity contribution in [1.29, 1.82) is 0 Å². The largest absolute Gasteiger partial charge is 0.496 e. The molecule has 0 fully saturated rings. The Hall–Kier alpha value is -1.91. The van der Waals surface area contributed by atoms with Crippen LogP contribution in [0.25, 0.3) is 0 Å². The maximum absolute atomic E-state index is 5.81. The third-order valence-corrected chi connectivity index (χ3v) is 3.40. The minimum atomic E-state index is 0.238. The van der Waals surface area contributed by atoms with Crippen LogP contribution in [-0.2, 0) is 13.0 Å². The topological polar surface area (TPSA) is 54.9 Å². The van der Waals surface area contributed by atoms with E-state index in [1.54, 1.807) is 7.11 Å². The first-order valence-corrected chi connectivity index (χ1v) is 7.56. The average Bonchev–Trinajstić information content (AvgIpc) is 2.83. The number of benzene rings is 1. The number of guanidine groups is 1. The van der Waals surface area contributed by atoms with Gasteiger partial charge in [0.25, 0.3) is 0 Å². The van der Waals surface area contributed by atoms with Crippen molar-refractivity contribution in [2.45, 2.75) is 39.8 Å². The Kier molecular flexibility index (Phi) is 5.31. The fourth-order valence-corrected chi connectivity index (χ4v) is 2.47. The van der Waals surface area contributed by atoms with Crippen LogP contribution < -0.4 is 20.1 Å². The number of aliphatic imine (C=N–C) groups is 1. The van der Waals surface area contributed by atoms with E-state index in [-0.39, 0.29) is 6.10 Å². The molecule has 0 saturated carbocycles. The molecule has 1 aromatic rings. The van der Waals surface area contributed by atoms with Gasteiger partial charge in [0.05, 0.1) is 13.7 Å². The molecule has 21 heavy (non-hydrogen) atoms. The van der Waals surface area contributed by atoms with Crippen molar-refractivity contribution in [2.24, 2.45) is 4.99 Å². The van der Waals surface area contributed by atoms with E-state index in [0.29, 0.717) is 6.54 Å². The SMILES string of the molecule is CCNC(=NCc1cc2c(cc1OC)C[C@@H](C)O2)NCC. The van der Waals surface area contributed by atoms with Gasteiger partial charge in [0.1, 0.15) is 17.6 Å². The molecule has 5 nitrogen and oxygen atoms in total. The first-order valence-electron chi connectivity index (χ1n) is 7.56. The van der Waals surface area contributed by atoms with Crippen molar-refractivity contribution < 1.29 is 9.47 Å². The lowest BCUT2D eigenvalue weighted by Crippen LogP contribution is -2.36. The molecule has 2 N–H and O–H groups in total. The summed E-state index contributed by atoms with van der Waals surface area (Å²) in [4.78, 5) is 4.59. The molecule has 0 amide bonds. The highest BCUT2D eigenvalue weighted by molar-refractivity contribution is 5.79. The van der Waals surface area contributed by atoms with E-state index in [4.69, 9.17) is 9.47 Å². The van der Waals surface area contributed by atoms with Crippen LogP contribution in [0.4, 0.5) is 0 Å². The van der Waals surface area contributed by atoms with Crippen LogP contribution in [0.15, 0.2) is 17.1 Å². The molecule has 0 aromatic heterocycles. The van der Waals surface area contributed by atoms with Gasteiger partial charge in [-0.2, -0.15) is 0 Å². The van der Waals surface area contributed by atoms with E-state index in [0.717, 1.165) is 42.5 Å². The number of rotatable bonds is 5. The Morgan fingerprint density at radius 3 is 2.67 bits per heavy atom. The van der Waals surface area contributed by atoms with Gasteiger partial charge in [-0.15, -0.1) is 0 Å². The highest BCUT2D eigenvalue weighted by Crippen LogP contribution is 2.35. The minimum Gasteiger partial charge on any atom is -0.496 e. The van der Waals surface area contributed by atoms with E-state index in [2.05, 4.69) is 48.5 Å². The summed E-state index contributed by atoms with van der Waals surface area (Å²) in [5.74, 6) is 2.65. The number of ether oxygens (including phenoxy) is 2. The van der Waals surface area contributed by atoms with Gasteiger partial charge in [-0.05, 0) is 32.9 Å². The van der Waals surface area contributed by atoms with Crippen LogP contribution in [0.3, 0.4) is 0 Å². The Balaban J connectivity index is 2.19. The molecule has 1 heterocycles. The molecule has 1 aromatic carbocycles. The predicted octanol–water partition coefficient (Wildman–Crippen LogP) is 2.09. The number of fused-ring (bicyclic) bond motifs is 1. The zero-order chi connectivity index (χ0) is 15.2. The molecular weight excluding hydrogens is 266 g/mol. The number of nitrogens with zero attached hydrogens (tertiary/aromatic N) is 1. The predicted molar refractivity (Wildman–Crippen MR) is 85.3 cm³/mol. The van der Waals surface area contributed by atoms with Crippen LogP contribution in [0.2, 0.25) is 0 Å². The lowest BCUT2D eigenvalue weighted by molar-refractivity contribution is 0.254. The Labute approximate surface area is 126 Å². The summed E-state index contributed by atoms with van der Waals surface area (Å²) in [7, 11) is 1.70. The molecule has 1 atom stereocenters. The molecule has 2 rings (SSSR count). The van der Waals surface area contributed by atoms with E-state index in [1.165, 1.54) is 5.56 Å². The Morgan fingerprint density at radius 1 is 1.33 bits per heavy atom. The minimum absolute atomic E-state index is 0.238. The van der Waals surface area contributed by atoms with Crippen molar-refractivity contribution in [1.82, 2.24) is 10.6 Å². The van der Waals surface area contributed by atoms with Crippen LogP contribution in [-0.4, -0.2) is 32.3 Å². The molecule has 0 unspecified atom stereocenters. The number of hydrogen-bond acceptors (Lipinski definition) is 3. The summed E-state index contributed by atoms with van der Waals surface area (Å²) in [6.45, 7) is 8.43. The van der Waals surface area contributed by atoms with E-state index >= 15 is 0 Å². The lowest BCUT2D eigenvalue weighted by atomic mass is 10.1. The van der Waals surface area contributed by atoms with Gasteiger partial charge in [0.2, 0.25) is 0 Å². The van der Waals surface area contributed by atoms with Gasteiger partial charge in [-0.25, -0.2) is 4.99 Å². The number of nitrogens with one attached hydrogen (secondary N) is 2. The molecule has 1 aliphatic rings. The van der Waals surface area contributed by atoms with Gasteiger partial charge in [-0.3, -0.25) is 0 Å². The second kappa shape index (κ2) is 7.20. The molecular formula is C16H25N3O2. The maximum Gasteiger partial charge on any atom is 0.191 e. The van der Waals surface area contributed by atoms with E-state index in [1.807, 2.05) is 0 Å². The second-order valence-electron chi connectivity index (χ2n) is 5.13. The highest BCUT2D eigenvalue weighted by Gasteiger charge is 2.21. The van der Waals surface area contributed by atoms with Crippen LogP contribution >= 0.6 is 0 Å². The van der Waals surface area contributed by atoms with Gasteiger partial charge in [0, 0.05) is 30.6 Å². The first-order chi connectivity index (χ1) is 10.2. The molecule has 0 bridgehead atoms. The van der Waals surface area contributed by atoms with E-state index < -0.39 is 0 Å². The first kappa shape index (κ1) is 15.5. The number of hydrogen-bond donors (Lipinski definition) is 2. The van der Waals surface area contributed by atoms with E-state index in [9.17, 15) is 0 Å². The smallest absolute Gasteiger partial charge is 0.191 e. The fraction of sp³-hybridized carbons (Fsp3) is 0.562. The second-order valence-corrected chi connectivity index (χ2v) is 5.13.